The number of hydrogen-bond acceptors (Lipinski definition) is 2. The molecule has 0 bridgehead atoms. The number of rotatable bonds is 2. The van der Waals surface area contributed by atoms with Crippen molar-refractivity contribution in [2.45, 2.75) is 3.79 Å². The van der Waals surface area contributed by atoms with E-state index in [1.54, 1.807) is 6.07 Å². The third-order valence-corrected chi connectivity index (χ3v) is 4.30. The smallest absolute Gasteiger partial charge is 0.229 e. The van der Waals surface area contributed by atoms with E-state index in [4.69, 9.17) is 34.8 Å². The van der Waals surface area contributed by atoms with Crippen molar-refractivity contribution >= 4 is 50.7 Å². The molecule has 1 aromatic heterocycles. The summed E-state index contributed by atoms with van der Waals surface area (Å²) in [4.78, 5) is 9.02. The highest BCUT2D eigenvalue weighted by atomic mass is 79.9. The van der Waals surface area contributed by atoms with E-state index in [2.05, 4.69) is 25.9 Å². The molecule has 0 amide bonds. The zero-order valence-corrected chi connectivity index (χ0v) is 15.5. The van der Waals surface area contributed by atoms with Gasteiger partial charge in [-0.2, -0.15) is 0 Å². The highest BCUT2D eigenvalue weighted by molar-refractivity contribution is 9.10. The first-order valence-electron chi connectivity index (χ1n) is 6.71. The number of halogens is 4. The Morgan fingerprint density at radius 3 is 2.04 bits per heavy atom. The van der Waals surface area contributed by atoms with Gasteiger partial charge in [-0.05, 0) is 18.2 Å². The topological polar surface area (TPSA) is 25.8 Å². The van der Waals surface area contributed by atoms with Gasteiger partial charge in [0.05, 0.1) is 11.4 Å². The third-order valence-electron chi connectivity index (χ3n) is 3.19. The van der Waals surface area contributed by atoms with Gasteiger partial charge in [-0.1, -0.05) is 93.2 Å². The Hall–Kier alpha value is -1.13. The minimum Gasteiger partial charge on any atom is -0.229 e. The Labute approximate surface area is 157 Å². The van der Waals surface area contributed by atoms with Crippen LogP contribution < -0.4 is 0 Å². The summed E-state index contributed by atoms with van der Waals surface area (Å²) in [5.74, 6) is 0.521. The molecule has 23 heavy (non-hydrogen) atoms. The lowest BCUT2D eigenvalue weighted by Gasteiger charge is -2.14. The van der Waals surface area contributed by atoms with Crippen molar-refractivity contribution in [3.63, 3.8) is 0 Å². The van der Waals surface area contributed by atoms with Crippen molar-refractivity contribution in [3.8, 4) is 22.6 Å². The number of benzene rings is 2. The van der Waals surface area contributed by atoms with E-state index in [0.29, 0.717) is 17.2 Å². The van der Waals surface area contributed by atoms with Gasteiger partial charge in [-0.3, -0.25) is 0 Å². The van der Waals surface area contributed by atoms with Crippen LogP contribution in [-0.2, 0) is 3.79 Å². The Morgan fingerprint density at radius 2 is 1.43 bits per heavy atom. The van der Waals surface area contributed by atoms with Crippen LogP contribution in [-0.4, -0.2) is 9.97 Å². The molecule has 3 rings (SSSR count). The lowest BCUT2D eigenvalue weighted by molar-refractivity contribution is 1.04. The van der Waals surface area contributed by atoms with Gasteiger partial charge >= 0.3 is 0 Å². The first-order chi connectivity index (χ1) is 10.9. The van der Waals surface area contributed by atoms with Gasteiger partial charge in [-0.25, -0.2) is 9.97 Å². The first kappa shape index (κ1) is 16.7. The van der Waals surface area contributed by atoms with Gasteiger partial charge in [0.1, 0.15) is 0 Å². The predicted molar refractivity (Wildman–Crippen MR) is 99.8 cm³/mol. The minimum absolute atomic E-state index is 0.342. The number of aromatic nitrogens is 2. The van der Waals surface area contributed by atoms with E-state index >= 15 is 0 Å². The van der Waals surface area contributed by atoms with Crippen molar-refractivity contribution in [2.75, 3.05) is 0 Å². The van der Waals surface area contributed by atoms with Crippen molar-refractivity contribution in [2.24, 2.45) is 0 Å². The maximum Gasteiger partial charge on any atom is 0.232 e. The molecule has 0 fully saturated rings. The molecule has 0 saturated carbocycles. The largest absolute Gasteiger partial charge is 0.232 e. The van der Waals surface area contributed by atoms with E-state index in [-0.39, 0.29) is 0 Å². The van der Waals surface area contributed by atoms with Gasteiger partial charge < -0.3 is 0 Å². The van der Waals surface area contributed by atoms with Crippen LogP contribution >= 0.6 is 50.7 Å². The number of hydrogen-bond donors (Lipinski definition) is 0. The second-order valence-corrected chi connectivity index (χ2v) is 8.03. The van der Waals surface area contributed by atoms with Crippen molar-refractivity contribution in [1.82, 2.24) is 9.97 Å². The quantitative estimate of drug-likeness (QED) is 0.442. The standard InChI is InChI=1S/C17H10BrCl3N2/c18-13-8-6-11(7-9-13)14-10-15(17(19,20)21)23-16(22-14)12-4-2-1-3-5-12/h1-10H. The summed E-state index contributed by atoms with van der Waals surface area (Å²) in [5.41, 5.74) is 2.83. The summed E-state index contributed by atoms with van der Waals surface area (Å²) in [5, 5.41) is 0. The highest BCUT2D eigenvalue weighted by Gasteiger charge is 2.26. The Kier molecular flexibility index (Phi) is 4.93. The zero-order chi connectivity index (χ0) is 16.4. The van der Waals surface area contributed by atoms with E-state index in [9.17, 15) is 0 Å². The molecule has 3 aromatic rings. The molecule has 2 aromatic carbocycles. The lowest BCUT2D eigenvalue weighted by Crippen LogP contribution is -2.07. The Bertz CT molecular complexity index is 815. The molecular formula is C17H10BrCl3N2. The molecular weight excluding hydrogens is 418 g/mol. The summed E-state index contributed by atoms with van der Waals surface area (Å²) < 4.78 is -0.628. The Balaban J connectivity index is 2.18. The summed E-state index contributed by atoms with van der Waals surface area (Å²) >= 11 is 21.5. The normalized spacial score (nSPS) is 11.5. The fourth-order valence-corrected chi connectivity index (χ4v) is 2.63. The predicted octanol–water partition coefficient (Wildman–Crippen LogP) is 6.40. The highest BCUT2D eigenvalue weighted by Crippen LogP contribution is 2.39. The lowest BCUT2D eigenvalue weighted by atomic mass is 10.1. The van der Waals surface area contributed by atoms with E-state index in [1.807, 2.05) is 54.6 Å². The maximum absolute atomic E-state index is 6.04. The molecule has 0 aliphatic carbocycles. The number of nitrogens with zero attached hydrogens (tertiary/aromatic N) is 2. The molecule has 0 radical (unpaired) electrons. The molecule has 0 aliphatic heterocycles. The maximum atomic E-state index is 6.04. The monoisotopic (exact) mass is 426 g/mol. The second-order valence-electron chi connectivity index (χ2n) is 4.83. The molecule has 0 atom stereocenters. The summed E-state index contributed by atoms with van der Waals surface area (Å²) in [6, 6.07) is 19.1. The molecule has 0 unspecified atom stereocenters. The van der Waals surface area contributed by atoms with E-state index in [0.717, 1.165) is 15.6 Å². The first-order valence-corrected chi connectivity index (χ1v) is 8.64. The van der Waals surface area contributed by atoms with Gasteiger partial charge in [0.15, 0.2) is 5.82 Å². The van der Waals surface area contributed by atoms with Crippen LogP contribution in [0.4, 0.5) is 0 Å². The Morgan fingerprint density at radius 1 is 0.783 bits per heavy atom. The average Bonchev–Trinajstić information content (AvgIpc) is 2.55. The van der Waals surface area contributed by atoms with Crippen LogP contribution in [0.1, 0.15) is 5.69 Å². The van der Waals surface area contributed by atoms with Crippen LogP contribution in [0.2, 0.25) is 0 Å². The zero-order valence-electron chi connectivity index (χ0n) is 11.7. The van der Waals surface area contributed by atoms with Gasteiger partial charge in [0.25, 0.3) is 0 Å². The van der Waals surface area contributed by atoms with Crippen LogP contribution in [0.3, 0.4) is 0 Å². The fourth-order valence-electron chi connectivity index (χ4n) is 2.08. The second kappa shape index (κ2) is 6.78. The van der Waals surface area contributed by atoms with Crippen molar-refractivity contribution < 1.29 is 0 Å². The van der Waals surface area contributed by atoms with Crippen LogP contribution in [0.5, 0.6) is 0 Å². The van der Waals surface area contributed by atoms with Crippen LogP contribution in [0, 0.1) is 0 Å². The summed E-state index contributed by atoms with van der Waals surface area (Å²) in [6.45, 7) is 0. The van der Waals surface area contributed by atoms with Gasteiger partial charge in [-0.15, -0.1) is 0 Å². The molecule has 6 heteroatoms. The molecule has 0 aliphatic rings. The van der Waals surface area contributed by atoms with Gasteiger partial charge in [0.2, 0.25) is 3.79 Å². The molecule has 0 spiro atoms. The average molecular weight is 429 g/mol. The number of alkyl halides is 3. The van der Waals surface area contributed by atoms with Crippen LogP contribution in [0.25, 0.3) is 22.6 Å². The van der Waals surface area contributed by atoms with E-state index in [1.165, 1.54) is 0 Å². The SMILES string of the molecule is ClC(Cl)(Cl)c1cc(-c2ccc(Br)cc2)nc(-c2ccccc2)n1. The van der Waals surface area contributed by atoms with Crippen LogP contribution in [0.15, 0.2) is 65.1 Å². The van der Waals surface area contributed by atoms with Crippen molar-refractivity contribution in [1.29, 1.82) is 0 Å². The summed E-state index contributed by atoms with van der Waals surface area (Å²) in [7, 11) is 0. The minimum atomic E-state index is -1.61. The fraction of sp³-hybridized carbons (Fsp3) is 0.0588. The molecule has 2 nitrogen and oxygen atoms in total. The van der Waals surface area contributed by atoms with Crippen molar-refractivity contribution in [3.05, 3.63) is 70.8 Å². The molecule has 116 valence electrons. The molecule has 1 heterocycles. The summed E-state index contributed by atoms with van der Waals surface area (Å²) in [6.07, 6.45) is 0. The molecule has 0 N–H and O–H groups in total. The molecule has 0 saturated heterocycles. The van der Waals surface area contributed by atoms with Gasteiger partial charge in [0, 0.05) is 15.6 Å². The van der Waals surface area contributed by atoms with E-state index < -0.39 is 3.79 Å². The third kappa shape index (κ3) is 4.04.